The van der Waals surface area contributed by atoms with Crippen LogP contribution in [0.1, 0.15) is 24.0 Å². The number of nitrogens with zero attached hydrogens (tertiary/aromatic N) is 5. The molecule has 2 aliphatic rings. The summed E-state index contributed by atoms with van der Waals surface area (Å²) in [5.74, 6) is 0.944. The normalized spacial score (nSPS) is 19.8. The number of anilines is 1. The molecule has 2 aliphatic heterocycles. The smallest absolute Gasteiger partial charge is 0.237 e. The molecule has 0 N–H and O–H groups in total. The van der Waals surface area contributed by atoms with Crippen LogP contribution in [-0.4, -0.2) is 77.7 Å². The summed E-state index contributed by atoms with van der Waals surface area (Å²) in [5.41, 5.74) is 2.39. The Morgan fingerprint density at radius 2 is 1.97 bits per heavy atom. The largest absolute Gasteiger partial charge is 0.376 e. The zero-order valence-corrected chi connectivity index (χ0v) is 17.7. The number of amides is 1. The zero-order chi connectivity index (χ0) is 20.8. The summed E-state index contributed by atoms with van der Waals surface area (Å²) >= 11 is 0. The molecule has 2 fully saturated rings. The zero-order valence-electron chi connectivity index (χ0n) is 17.7. The summed E-state index contributed by atoms with van der Waals surface area (Å²) in [4.78, 5) is 28.3. The first kappa shape index (κ1) is 20.8. The number of benzene rings is 1. The molecule has 0 bridgehead atoms. The van der Waals surface area contributed by atoms with E-state index >= 15 is 0 Å². The number of carbonyl (C=O) groups excluding carboxylic acids is 1. The van der Waals surface area contributed by atoms with Crippen LogP contribution in [0.2, 0.25) is 0 Å². The van der Waals surface area contributed by atoms with Crippen molar-refractivity contribution >= 4 is 11.9 Å². The third-order valence-electron chi connectivity index (χ3n) is 5.82. The lowest BCUT2D eigenvalue weighted by molar-refractivity contribution is -0.134. The van der Waals surface area contributed by atoms with Gasteiger partial charge in [0, 0.05) is 58.3 Å². The van der Waals surface area contributed by atoms with Crippen molar-refractivity contribution < 1.29 is 9.53 Å². The fraction of sp³-hybridized carbons (Fsp3) is 0.522. The van der Waals surface area contributed by atoms with Crippen molar-refractivity contribution in [2.24, 2.45) is 0 Å². The number of piperazine rings is 1. The van der Waals surface area contributed by atoms with E-state index in [0.717, 1.165) is 51.6 Å². The van der Waals surface area contributed by atoms with E-state index in [-0.39, 0.29) is 12.0 Å². The van der Waals surface area contributed by atoms with Crippen molar-refractivity contribution in [3.63, 3.8) is 0 Å². The summed E-state index contributed by atoms with van der Waals surface area (Å²) in [6, 6.07) is 10.2. The predicted molar refractivity (Wildman–Crippen MR) is 116 cm³/mol. The van der Waals surface area contributed by atoms with Crippen LogP contribution >= 0.6 is 0 Å². The van der Waals surface area contributed by atoms with E-state index in [1.165, 1.54) is 11.1 Å². The molecular formula is C23H31N5O2. The molecule has 0 radical (unpaired) electrons. The van der Waals surface area contributed by atoms with Crippen molar-refractivity contribution in [3.05, 3.63) is 53.9 Å². The molecular weight excluding hydrogens is 378 g/mol. The quantitative estimate of drug-likeness (QED) is 0.698. The number of hydrogen-bond donors (Lipinski definition) is 0. The molecule has 1 amide bonds. The van der Waals surface area contributed by atoms with Crippen LogP contribution in [0, 0.1) is 6.92 Å². The topological polar surface area (TPSA) is 61.8 Å². The number of aromatic nitrogens is 2. The summed E-state index contributed by atoms with van der Waals surface area (Å²) in [7, 11) is 0. The second-order valence-corrected chi connectivity index (χ2v) is 8.21. The van der Waals surface area contributed by atoms with Crippen LogP contribution in [-0.2, 0) is 16.1 Å². The first-order valence-electron chi connectivity index (χ1n) is 10.9. The van der Waals surface area contributed by atoms with Gasteiger partial charge in [-0.05, 0) is 31.4 Å². The minimum Gasteiger partial charge on any atom is -0.376 e. The fourth-order valence-electron chi connectivity index (χ4n) is 4.17. The molecule has 1 atom stereocenters. The van der Waals surface area contributed by atoms with Crippen LogP contribution < -0.4 is 4.90 Å². The van der Waals surface area contributed by atoms with Gasteiger partial charge >= 0.3 is 0 Å². The molecule has 7 heteroatoms. The summed E-state index contributed by atoms with van der Waals surface area (Å²) in [6.07, 6.45) is 5.82. The number of ether oxygens (including phenoxy) is 1. The minimum absolute atomic E-state index is 0.158. The maximum Gasteiger partial charge on any atom is 0.237 e. The second kappa shape index (κ2) is 10.00. The second-order valence-electron chi connectivity index (χ2n) is 8.21. The van der Waals surface area contributed by atoms with Crippen LogP contribution in [0.5, 0.6) is 0 Å². The van der Waals surface area contributed by atoms with Crippen LogP contribution in [0.25, 0.3) is 0 Å². The van der Waals surface area contributed by atoms with Crippen molar-refractivity contribution in [1.82, 2.24) is 19.8 Å². The Morgan fingerprint density at radius 3 is 2.67 bits per heavy atom. The fourth-order valence-corrected chi connectivity index (χ4v) is 4.17. The van der Waals surface area contributed by atoms with Gasteiger partial charge in [0.25, 0.3) is 0 Å². The predicted octanol–water partition coefficient (Wildman–Crippen LogP) is 2.11. The molecule has 160 valence electrons. The minimum atomic E-state index is 0.158. The third-order valence-corrected chi connectivity index (χ3v) is 5.82. The maximum absolute atomic E-state index is 13.2. The Hall–Kier alpha value is -2.51. The average molecular weight is 410 g/mol. The molecule has 2 aromatic rings. The average Bonchev–Trinajstić information content (AvgIpc) is 3.28. The van der Waals surface area contributed by atoms with Crippen molar-refractivity contribution in [3.8, 4) is 0 Å². The van der Waals surface area contributed by atoms with Gasteiger partial charge < -0.3 is 14.5 Å². The molecule has 1 aromatic heterocycles. The lowest BCUT2D eigenvalue weighted by Gasteiger charge is -2.35. The molecule has 4 rings (SSSR count). The standard InChI is InChI=1S/C23H31N5O2/c1-19-5-2-6-20(15-19)16-28(17-21-7-3-14-30-21)22(29)18-26-10-12-27(13-11-26)23-24-8-4-9-25-23/h2,4-6,8-9,15,21H,3,7,10-14,16-18H2,1H3. The molecule has 1 aromatic carbocycles. The van der Waals surface area contributed by atoms with E-state index in [1.54, 1.807) is 12.4 Å². The maximum atomic E-state index is 13.2. The van der Waals surface area contributed by atoms with Gasteiger partial charge in [-0.1, -0.05) is 29.8 Å². The lowest BCUT2D eigenvalue weighted by atomic mass is 10.1. The van der Waals surface area contributed by atoms with Gasteiger partial charge in [0.05, 0.1) is 12.6 Å². The molecule has 0 saturated carbocycles. The Bertz CT molecular complexity index is 817. The summed E-state index contributed by atoms with van der Waals surface area (Å²) < 4.78 is 5.82. The first-order valence-corrected chi connectivity index (χ1v) is 10.9. The molecule has 1 unspecified atom stereocenters. The first-order chi connectivity index (χ1) is 14.7. The van der Waals surface area contributed by atoms with Crippen molar-refractivity contribution in [1.29, 1.82) is 0 Å². The van der Waals surface area contributed by atoms with E-state index in [2.05, 4.69) is 51.0 Å². The van der Waals surface area contributed by atoms with Gasteiger partial charge in [-0.25, -0.2) is 9.97 Å². The highest BCUT2D eigenvalue weighted by Crippen LogP contribution is 2.17. The van der Waals surface area contributed by atoms with Gasteiger partial charge in [0.2, 0.25) is 11.9 Å². The molecule has 7 nitrogen and oxygen atoms in total. The van der Waals surface area contributed by atoms with Gasteiger partial charge in [0.1, 0.15) is 0 Å². The van der Waals surface area contributed by atoms with E-state index in [1.807, 2.05) is 11.0 Å². The highest BCUT2D eigenvalue weighted by atomic mass is 16.5. The van der Waals surface area contributed by atoms with E-state index in [9.17, 15) is 4.79 Å². The Morgan fingerprint density at radius 1 is 1.17 bits per heavy atom. The number of aryl methyl sites for hydroxylation is 1. The van der Waals surface area contributed by atoms with Crippen LogP contribution in [0.4, 0.5) is 5.95 Å². The van der Waals surface area contributed by atoms with Crippen molar-refractivity contribution in [2.75, 3.05) is 50.8 Å². The molecule has 30 heavy (non-hydrogen) atoms. The van der Waals surface area contributed by atoms with Crippen LogP contribution in [0.15, 0.2) is 42.7 Å². The van der Waals surface area contributed by atoms with E-state index in [0.29, 0.717) is 19.6 Å². The number of rotatable bonds is 7. The van der Waals surface area contributed by atoms with Crippen molar-refractivity contribution in [2.45, 2.75) is 32.4 Å². The molecule has 3 heterocycles. The highest BCUT2D eigenvalue weighted by molar-refractivity contribution is 5.78. The van der Waals surface area contributed by atoms with Gasteiger partial charge in [-0.15, -0.1) is 0 Å². The highest BCUT2D eigenvalue weighted by Gasteiger charge is 2.26. The Kier molecular flexibility index (Phi) is 6.92. The lowest BCUT2D eigenvalue weighted by Crippen LogP contribution is -2.51. The van der Waals surface area contributed by atoms with E-state index in [4.69, 9.17) is 4.74 Å². The molecule has 2 saturated heterocycles. The summed E-state index contributed by atoms with van der Waals surface area (Å²) in [6.45, 7) is 7.99. The SMILES string of the molecule is Cc1cccc(CN(CC2CCCO2)C(=O)CN2CCN(c3ncccn3)CC2)c1. The van der Waals surface area contributed by atoms with Gasteiger partial charge in [0.15, 0.2) is 0 Å². The van der Waals surface area contributed by atoms with Crippen LogP contribution in [0.3, 0.4) is 0 Å². The summed E-state index contributed by atoms with van der Waals surface area (Å²) in [5, 5.41) is 0. The monoisotopic (exact) mass is 409 g/mol. The third kappa shape index (κ3) is 5.55. The molecule has 0 spiro atoms. The van der Waals surface area contributed by atoms with Gasteiger partial charge in [-0.3, -0.25) is 9.69 Å². The number of carbonyl (C=O) groups is 1. The molecule has 0 aliphatic carbocycles. The Labute approximate surface area is 178 Å². The van der Waals surface area contributed by atoms with E-state index < -0.39 is 0 Å². The Balaban J connectivity index is 1.35. The number of hydrogen-bond acceptors (Lipinski definition) is 6. The van der Waals surface area contributed by atoms with Gasteiger partial charge in [-0.2, -0.15) is 0 Å².